The summed E-state index contributed by atoms with van der Waals surface area (Å²) in [5.74, 6) is -0.809. The van der Waals surface area contributed by atoms with Gasteiger partial charge in [0.2, 0.25) is 0 Å². The largest absolute Gasteiger partial charge is 0.375 e. The Kier molecular flexibility index (Phi) is 6.25. The molecular formula is C30H24ClNO3. The van der Waals surface area contributed by atoms with Crippen LogP contribution in [0.4, 0.5) is 5.69 Å². The van der Waals surface area contributed by atoms with Gasteiger partial charge < -0.3 is 10.0 Å². The predicted molar refractivity (Wildman–Crippen MR) is 139 cm³/mol. The number of ketones is 1. The topological polar surface area (TPSA) is 57.6 Å². The van der Waals surface area contributed by atoms with Crippen molar-refractivity contribution in [2.24, 2.45) is 0 Å². The molecule has 1 amide bonds. The fourth-order valence-corrected chi connectivity index (χ4v) is 4.79. The Hall–Kier alpha value is -3.73. The molecule has 5 heteroatoms. The van der Waals surface area contributed by atoms with Gasteiger partial charge in [0.15, 0.2) is 11.4 Å². The highest BCUT2D eigenvalue weighted by molar-refractivity contribution is 6.31. The number of benzene rings is 4. The second-order valence-electron chi connectivity index (χ2n) is 8.76. The third-order valence-corrected chi connectivity index (χ3v) is 6.73. The van der Waals surface area contributed by atoms with Crippen LogP contribution < -0.4 is 4.90 Å². The molecular weight excluding hydrogens is 458 g/mol. The number of rotatable bonds is 7. The van der Waals surface area contributed by atoms with Crippen molar-refractivity contribution in [2.45, 2.75) is 18.4 Å². The van der Waals surface area contributed by atoms with Crippen LogP contribution in [0.15, 0.2) is 103 Å². The molecule has 4 aromatic carbocycles. The average Bonchev–Trinajstić information content (AvgIpc) is 3.09. The van der Waals surface area contributed by atoms with Gasteiger partial charge in [0.25, 0.3) is 5.91 Å². The smallest absolute Gasteiger partial charge is 0.264 e. The molecule has 1 unspecified atom stereocenters. The van der Waals surface area contributed by atoms with E-state index in [1.807, 2.05) is 72.8 Å². The minimum atomic E-state index is -1.97. The maximum Gasteiger partial charge on any atom is 0.264 e. The minimum Gasteiger partial charge on any atom is -0.375 e. The zero-order valence-electron chi connectivity index (χ0n) is 19.0. The van der Waals surface area contributed by atoms with Crippen LogP contribution in [0.25, 0.3) is 11.1 Å². The molecule has 174 valence electrons. The van der Waals surface area contributed by atoms with E-state index in [4.69, 9.17) is 11.6 Å². The lowest BCUT2D eigenvalue weighted by Crippen LogP contribution is -2.42. The highest BCUT2D eigenvalue weighted by atomic mass is 35.5. The standard InChI is InChI=1S/C30H24ClNO3/c31-25-15-16-27-26(19-25)30(35,29(34)32(27)18-17-21-7-3-1-4-8-21)20-28(33)24-13-11-23(12-14-24)22-9-5-2-6-10-22/h1-16,19,35H,17-18,20H2. The summed E-state index contributed by atoms with van der Waals surface area (Å²) in [4.78, 5) is 28.3. The van der Waals surface area contributed by atoms with Gasteiger partial charge in [-0.2, -0.15) is 0 Å². The van der Waals surface area contributed by atoms with E-state index in [9.17, 15) is 14.7 Å². The van der Waals surface area contributed by atoms with Crippen LogP contribution in [0.3, 0.4) is 0 Å². The van der Waals surface area contributed by atoms with Crippen LogP contribution in [0.1, 0.15) is 27.9 Å². The first kappa shape index (κ1) is 23.0. The zero-order chi connectivity index (χ0) is 24.4. The Morgan fingerprint density at radius 1 is 0.829 bits per heavy atom. The molecule has 1 aliphatic rings. The molecule has 0 saturated heterocycles. The summed E-state index contributed by atoms with van der Waals surface area (Å²) in [5, 5.41) is 12.0. The van der Waals surface area contributed by atoms with Crippen LogP contribution in [0.5, 0.6) is 0 Å². The molecule has 0 bridgehead atoms. The Morgan fingerprint density at radius 3 is 2.14 bits per heavy atom. The summed E-state index contributed by atoms with van der Waals surface area (Å²) in [5.41, 5.74) is 2.56. The Morgan fingerprint density at radius 2 is 1.46 bits per heavy atom. The third kappa shape index (κ3) is 4.51. The van der Waals surface area contributed by atoms with E-state index >= 15 is 0 Å². The SMILES string of the molecule is O=C(CC1(O)C(=O)N(CCc2ccccc2)c2ccc(Cl)cc21)c1ccc(-c2ccccc2)cc1. The number of halogens is 1. The van der Waals surface area contributed by atoms with Crippen molar-refractivity contribution >= 4 is 29.0 Å². The van der Waals surface area contributed by atoms with E-state index < -0.39 is 11.5 Å². The molecule has 35 heavy (non-hydrogen) atoms. The quantitative estimate of drug-likeness (QED) is 0.326. The summed E-state index contributed by atoms with van der Waals surface area (Å²) >= 11 is 6.22. The van der Waals surface area contributed by atoms with E-state index in [1.165, 1.54) is 0 Å². The Balaban J connectivity index is 1.40. The van der Waals surface area contributed by atoms with Gasteiger partial charge in [0, 0.05) is 22.7 Å². The number of aliphatic hydroxyl groups is 1. The molecule has 1 atom stereocenters. The molecule has 4 nitrogen and oxygen atoms in total. The van der Waals surface area contributed by atoms with Gasteiger partial charge in [-0.15, -0.1) is 0 Å². The van der Waals surface area contributed by atoms with Crippen LogP contribution in [-0.4, -0.2) is 23.3 Å². The molecule has 4 aromatic rings. The summed E-state index contributed by atoms with van der Waals surface area (Å²) in [6.45, 7) is 0.389. The second kappa shape index (κ2) is 9.49. The lowest BCUT2D eigenvalue weighted by molar-refractivity contribution is -0.135. The van der Waals surface area contributed by atoms with Crippen molar-refractivity contribution in [1.82, 2.24) is 0 Å². The minimum absolute atomic E-state index is 0.309. The second-order valence-corrected chi connectivity index (χ2v) is 9.19. The van der Waals surface area contributed by atoms with E-state index in [1.54, 1.807) is 35.2 Å². The molecule has 1 N–H and O–H groups in total. The number of hydrogen-bond donors (Lipinski definition) is 1. The number of nitrogens with zero attached hydrogens (tertiary/aromatic N) is 1. The number of Topliss-reactive ketones (excluding diaryl/α,β-unsaturated/α-hetero) is 1. The molecule has 1 heterocycles. The zero-order valence-corrected chi connectivity index (χ0v) is 19.8. The number of amides is 1. The van der Waals surface area contributed by atoms with Gasteiger partial charge in [-0.25, -0.2) is 0 Å². The summed E-state index contributed by atoms with van der Waals surface area (Å²) < 4.78 is 0. The Labute approximate surface area is 209 Å². The summed E-state index contributed by atoms with van der Waals surface area (Å²) in [6, 6.07) is 32.0. The van der Waals surface area contributed by atoms with E-state index in [0.717, 1.165) is 16.7 Å². The monoisotopic (exact) mass is 481 g/mol. The van der Waals surface area contributed by atoms with E-state index in [-0.39, 0.29) is 12.2 Å². The van der Waals surface area contributed by atoms with E-state index in [2.05, 4.69) is 0 Å². The summed E-state index contributed by atoms with van der Waals surface area (Å²) in [7, 11) is 0. The lowest BCUT2D eigenvalue weighted by Gasteiger charge is -2.23. The van der Waals surface area contributed by atoms with Crippen LogP contribution in [0, 0.1) is 0 Å². The van der Waals surface area contributed by atoms with Gasteiger partial charge >= 0.3 is 0 Å². The van der Waals surface area contributed by atoms with Crippen LogP contribution in [0.2, 0.25) is 5.02 Å². The maximum absolute atomic E-state index is 13.5. The number of carbonyl (C=O) groups is 2. The van der Waals surface area contributed by atoms with Crippen molar-refractivity contribution in [3.63, 3.8) is 0 Å². The van der Waals surface area contributed by atoms with Crippen molar-refractivity contribution in [2.75, 3.05) is 11.4 Å². The number of carbonyl (C=O) groups excluding carboxylic acids is 2. The van der Waals surface area contributed by atoms with Crippen molar-refractivity contribution < 1.29 is 14.7 Å². The van der Waals surface area contributed by atoms with Gasteiger partial charge in [-0.05, 0) is 41.3 Å². The summed E-state index contributed by atoms with van der Waals surface area (Å²) in [6.07, 6.45) is 0.269. The van der Waals surface area contributed by atoms with Gasteiger partial charge in [0.1, 0.15) is 0 Å². The molecule has 5 rings (SSSR count). The molecule has 0 saturated carbocycles. The molecule has 0 radical (unpaired) electrons. The number of hydrogen-bond acceptors (Lipinski definition) is 3. The van der Waals surface area contributed by atoms with Gasteiger partial charge in [-0.3, -0.25) is 9.59 Å². The molecule has 0 fully saturated rings. The fourth-order valence-electron chi connectivity index (χ4n) is 4.61. The predicted octanol–water partition coefficient (Wildman–Crippen LogP) is 6.06. The molecule has 0 aromatic heterocycles. The number of fused-ring (bicyclic) bond motifs is 1. The van der Waals surface area contributed by atoms with Crippen molar-refractivity contribution in [1.29, 1.82) is 0 Å². The lowest BCUT2D eigenvalue weighted by atomic mass is 9.88. The third-order valence-electron chi connectivity index (χ3n) is 6.49. The van der Waals surface area contributed by atoms with Gasteiger partial charge in [0.05, 0.1) is 12.1 Å². The van der Waals surface area contributed by atoms with Gasteiger partial charge in [-0.1, -0.05) is 96.5 Å². The Bertz CT molecular complexity index is 1370. The maximum atomic E-state index is 13.5. The molecule has 0 aliphatic carbocycles. The first-order chi connectivity index (χ1) is 17.0. The highest BCUT2D eigenvalue weighted by Gasteiger charge is 2.50. The van der Waals surface area contributed by atoms with Crippen molar-refractivity contribution in [3.8, 4) is 11.1 Å². The molecule has 1 aliphatic heterocycles. The number of anilines is 1. The molecule has 0 spiro atoms. The van der Waals surface area contributed by atoms with E-state index in [0.29, 0.717) is 34.8 Å². The van der Waals surface area contributed by atoms with Crippen LogP contribution in [-0.2, 0) is 16.8 Å². The highest BCUT2D eigenvalue weighted by Crippen LogP contribution is 2.44. The normalized spacial score (nSPS) is 16.9. The first-order valence-corrected chi connectivity index (χ1v) is 11.9. The van der Waals surface area contributed by atoms with Crippen molar-refractivity contribution in [3.05, 3.63) is 125 Å². The average molecular weight is 482 g/mol. The fraction of sp³-hybridized carbons (Fsp3) is 0.133. The van der Waals surface area contributed by atoms with Crippen LogP contribution >= 0.6 is 11.6 Å². The first-order valence-electron chi connectivity index (χ1n) is 11.5.